The molecule has 0 bridgehead atoms. The molecule has 0 saturated heterocycles. The number of hydrogen-bond donors (Lipinski definition) is 7. The van der Waals surface area contributed by atoms with Crippen LogP contribution in [0.25, 0.3) is 0 Å². The van der Waals surface area contributed by atoms with Gasteiger partial charge in [-0.3, -0.25) is 14.4 Å². The van der Waals surface area contributed by atoms with E-state index in [2.05, 4.69) is 16.0 Å². The van der Waals surface area contributed by atoms with Gasteiger partial charge in [-0.25, -0.2) is 4.79 Å². The number of carboxylic acid groups (broad SMARTS) is 1. The minimum Gasteiger partial charge on any atom is -0.508 e. The lowest BCUT2D eigenvalue weighted by Gasteiger charge is -2.26. The molecule has 1 rings (SSSR count). The van der Waals surface area contributed by atoms with Crippen molar-refractivity contribution < 1.29 is 29.4 Å². The second-order valence-corrected chi connectivity index (χ2v) is 10.1. The minimum absolute atomic E-state index is 0.0403. The van der Waals surface area contributed by atoms with E-state index in [0.29, 0.717) is 37.8 Å². The van der Waals surface area contributed by atoms with E-state index in [-0.39, 0.29) is 18.1 Å². The molecule has 0 radical (unpaired) electrons. The maximum atomic E-state index is 13.3. The summed E-state index contributed by atoms with van der Waals surface area (Å²) in [6.45, 7) is 7.62. The number of carbonyl (C=O) groups excluding carboxylic acids is 3. The highest BCUT2D eigenvalue weighted by atomic mass is 16.4. The molecule has 1 aromatic carbocycles. The molecule has 0 heterocycles. The molecule has 208 valence electrons. The third-order valence-corrected chi connectivity index (χ3v) is 5.88. The zero-order chi connectivity index (χ0) is 28.1. The molecule has 4 unspecified atom stereocenters. The molecule has 4 atom stereocenters. The average molecular weight is 522 g/mol. The predicted octanol–water partition coefficient (Wildman–Crippen LogP) is 0.632. The third-order valence-electron chi connectivity index (χ3n) is 5.88. The van der Waals surface area contributed by atoms with Crippen molar-refractivity contribution in [2.75, 3.05) is 6.54 Å². The standard InChI is InChI=1S/C26H43N5O6/c1-15(2)13-19(28)23(33)29-20(7-5-6-12-27)24(34)30-21(14-17-8-10-18(32)11-9-17)25(35)31-22(16(3)4)26(36)37/h8-11,15-16,19-22,32H,5-7,12-14,27-28H2,1-4H3,(H,29,33)(H,30,34)(H,31,35)(H,36,37). The van der Waals surface area contributed by atoms with E-state index in [9.17, 15) is 29.4 Å². The number of rotatable bonds is 16. The normalized spacial score (nSPS) is 14.5. The van der Waals surface area contributed by atoms with Crippen LogP contribution in [0.2, 0.25) is 0 Å². The van der Waals surface area contributed by atoms with Gasteiger partial charge < -0.3 is 37.6 Å². The lowest BCUT2D eigenvalue weighted by molar-refractivity contribution is -0.143. The number of aliphatic carboxylic acids is 1. The highest BCUT2D eigenvalue weighted by Crippen LogP contribution is 2.13. The molecule has 9 N–H and O–H groups in total. The molecule has 37 heavy (non-hydrogen) atoms. The molecular formula is C26H43N5O6. The topological polar surface area (TPSA) is 197 Å². The number of amides is 3. The fourth-order valence-corrected chi connectivity index (χ4v) is 3.77. The second kappa shape index (κ2) is 15.8. The first-order chi connectivity index (χ1) is 17.3. The van der Waals surface area contributed by atoms with Crippen LogP contribution in [-0.2, 0) is 25.6 Å². The van der Waals surface area contributed by atoms with Crippen LogP contribution in [-0.4, -0.2) is 64.6 Å². The van der Waals surface area contributed by atoms with Gasteiger partial charge in [-0.1, -0.05) is 39.8 Å². The van der Waals surface area contributed by atoms with E-state index in [1.165, 1.54) is 12.1 Å². The zero-order valence-electron chi connectivity index (χ0n) is 22.2. The van der Waals surface area contributed by atoms with Crippen molar-refractivity contribution in [3.8, 4) is 5.75 Å². The van der Waals surface area contributed by atoms with Crippen molar-refractivity contribution in [1.29, 1.82) is 0 Å². The van der Waals surface area contributed by atoms with Crippen molar-refractivity contribution in [2.24, 2.45) is 23.3 Å². The average Bonchev–Trinajstić information content (AvgIpc) is 2.81. The van der Waals surface area contributed by atoms with Crippen molar-refractivity contribution in [2.45, 2.75) is 84.0 Å². The van der Waals surface area contributed by atoms with E-state index >= 15 is 0 Å². The van der Waals surface area contributed by atoms with Gasteiger partial charge in [0.05, 0.1) is 6.04 Å². The summed E-state index contributed by atoms with van der Waals surface area (Å²) in [5, 5.41) is 26.9. The Morgan fingerprint density at radius 2 is 1.43 bits per heavy atom. The van der Waals surface area contributed by atoms with Gasteiger partial charge in [0.25, 0.3) is 0 Å². The van der Waals surface area contributed by atoms with E-state index in [1.54, 1.807) is 26.0 Å². The van der Waals surface area contributed by atoms with Crippen molar-refractivity contribution >= 4 is 23.7 Å². The Hall–Kier alpha value is -3.18. The van der Waals surface area contributed by atoms with Crippen LogP contribution in [0.4, 0.5) is 0 Å². The third kappa shape index (κ3) is 11.6. The quantitative estimate of drug-likeness (QED) is 0.154. The largest absolute Gasteiger partial charge is 0.508 e. The van der Waals surface area contributed by atoms with Gasteiger partial charge in [0.1, 0.15) is 23.9 Å². The highest BCUT2D eigenvalue weighted by Gasteiger charge is 2.31. The monoisotopic (exact) mass is 521 g/mol. The molecule has 1 aromatic rings. The van der Waals surface area contributed by atoms with Crippen LogP contribution in [0.3, 0.4) is 0 Å². The van der Waals surface area contributed by atoms with Crippen LogP contribution >= 0.6 is 0 Å². The molecule has 0 aliphatic carbocycles. The van der Waals surface area contributed by atoms with Crippen LogP contribution < -0.4 is 27.4 Å². The molecule has 11 heteroatoms. The van der Waals surface area contributed by atoms with E-state index in [0.717, 1.165) is 0 Å². The summed E-state index contributed by atoms with van der Waals surface area (Å²) in [5.41, 5.74) is 12.2. The predicted molar refractivity (Wildman–Crippen MR) is 140 cm³/mol. The summed E-state index contributed by atoms with van der Waals surface area (Å²) in [6, 6.07) is 2.08. The minimum atomic E-state index is -1.19. The number of nitrogens with two attached hydrogens (primary N) is 2. The Bertz CT molecular complexity index is 890. The summed E-state index contributed by atoms with van der Waals surface area (Å²) in [4.78, 5) is 50.7. The number of phenolic OH excluding ortho intramolecular Hbond substituents is 1. The number of carbonyl (C=O) groups is 4. The molecular weight excluding hydrogens is 478 g/mol. The van der Waals surface area contributed by atoms with Crippen LogP contribution in [0.1, 0.15) is 58.9 Å². The molecule has 0 aliphatic rings. The summed E-state index contributed by atoms with van der Waals surface area (Å²) in [6.07, 6.45) is 1.99. The Morgan fingerprint density at radius 3 is 1.95 bits per heavy atom. The first-order valence-electron chi connectivity index (χ1n) is 12.7. The maximum Gasteiger partial charge on any atom is 0.326 e. The van der Waals surface area contributed by atoms with Gasteiger partial charge in [0.2, 0.25) is 17.7 Å². The van der Waals surface area contributed by atoms with Crippen molar-refractivity contribution in [1.82, 2.24) is 16.0 Å². The van der Waals surface area contributed by atoms with E-state index in [1.807, 2.05) is 13.8 Å². The number of unbranched alkanes of at least 4 members (excludes halogenated alkanes) is 1. The fraction of sp³-hybridized carbons (Fsp3) is 0.615. The number of aromatic hydroxyl groups is 1. The number of hydrogen-bond acceptors (Lipinski definition) is 7. The molecule has 0 aliphatic heterocycles. The van der Waals surface area contributed by atoms with E-state index < -0.39 is 53.8 Å². The number of phenols is 1. The zero-order valence-corrected chi connectivity index (χ0v) is 22.2. The first kappa shape index (κ1) is 31.8. The van der Waals surface area contributed by atoms with Gasteiger partial charge in [-0.15, -0.1) is 0 Å². The first-order valence-corrected chi connectivity index (χ1v) is 12.7. The number of carboxylic acids is 1. The molecule has 3 amide bonds. The van der Waals surface area contributed by atoms with Crippen molar-refractivity contribution in [3.05, 3.63) is 29.8 Å². The Balaban J connectivity index is 3.14. The van der Waals surface area contributed by atoms with Gasteiger partial charge in [-0.2, -0.15) is 0 Å². The Morgan fingerprint density at radius 1 is 0.865 bits per heavy atom. The lowest BCUT2D eigenvalue weighted by Crippen LogP contribution is -2.58. The summed E-state index contributed by atoms with van der Waals surface area (Å²) in [5.74, 6) is -3.08. The molecule has 0 spiro atoms. The SMILES string of the molecule is CC(C)CC(N)C(=O)NC(CCCCN)C(=O)NC(Cc1ccc(O)cc1)C(=O)NC(C(=O)O)C(C)C. The van der Waals surface area contributed by atoms with Gasteiger partial charge >= 0.3 is 5.97 Å². The van der Waals surface area contributed by atoms with Crippen LogP contribution in [0, 0.1) is 11.8 Å². The summed E-state index contributed by atoms with van der Waals surface area (Å²) < 4.78 is 0. The smallest absolute Gasteiger partial charge is 0.326 e. The molecule has 11 nitrogen and oxygen atoms in total. The van der Waals surface area contributed by atoms with Crippen molar-refractivity contribution in [3.63, 3.8) is 0 Å². The lowest BCUT2D eigenvalue weighted by atomic mass is 10.0. The highest BCUT2D eigenvalue weighted by molar-refractivity contribution is 5.94. The number of nitrogens with one attached hydrogen (secondary N) is 3. The Labute approximate surface area is 218 Å². The molecule has 0 saturated carbocycles. The maximum absolute atomic E-state index is 13.3. The van der Waals surface area contributed by atoms with Crippen LogP contribution in [0.15, 0.2) is 24.3 Å². The van der Waals surface area contributed by atoms with Crippen LogP contribution in [0.5, 0.6) is 5.75 Å². The van der Waals surface area contributed by atoms with Gasteiger partial charge in [-0.05, 0) is 61.8 Å². The summed E-state index contributed by atoms with van der Waals surface area (Å²) in [7, 11) is 0. The van der Waals surface area contributed by atoms with E-state index in [4.69, 9.17) is 11.5 Å². The van der Waals surface area contributed by atoms with Gasteiger partial charge in [0.15, 0.2) is 0 Å². The fourth-order valence-electron chi connectivity index (χ4n) is 3.77. The molecule has 0 aromatic heterocycles. The molecule has 0 fully saturated rings. The summed E-state index contributed by atoms with van der Waals surface area (Å²) >= 11 is 0. The number of benzene rings is 1. The Kier molecular flexibility index (Phi) is 13.6. The second-order valence-electron chi connectivity index (χ2n) is 10.1. The van der Waals surface area contributed by atoms with Gasteiger partial charge in [0, 0.05) is 6.42 Å².